The Morgan fingerprint density at radius 2 is 1.80 bits per heavy atom. The molecule has 0 radical (unpaired) electrons. The Hall–Kier alpha value is -4.71. The minimum Gasteiger partial charge on any atom is -0.325 e. The van der Waals surface area contributed by atoms with Crippen LogP contribution in [0.25, 0.3) is 10.8 Å². The molecule has 3 aromatic carbocycles. The zero-order chi connectivity index (χ0) is 28.6. The van der Waals surface area contributed by atoms with E-state index in [1.807, 2.05) is 62.4 Å². The van der Waals surface area contributed by atoms with Gasteiger partial charge in [0, 0.05) is 31.4 Å². The van der Waals surface area contributed by atoms with E-state index in [9.17, 15) is 24.4 Å². The third-order valence-corrected chi connectivity index (χ3v) is 7.89. The van der Waals surface area contributed by atoms with Gasteiger partial charge in [0.25, 0.3) is 0 Å². The van der Waals surface area contributed by atoms with E-state index in [4.69, 9.17) is 0 Å². The zero-order valence-electron chi connectivity index (χ0n) is 22.7. The number of likely N-dealkylation sites (N-methyl/N-ethyl adjacent to an activating group) is 1. The van der Waals surface area contributed by atoms with Crippen LogP contribution in [-0.4, -0.2) is 59.1 Å². The molecule has 0 unspecified atom stereocenters. The monoisotopic (exact) mass is 537 g/mol. The zero-order valence-corrected chi connectivity index (χ0v) is 22.7. The molecule has 5 rings (SSSR count). The topological polar surface area (TPSA) is 123 Å². The smallest absolute Gasteiger partial charge is 0.313 e. The van der Waals surface area contributed by atoms with E-state index in [0.717, 1.165) is 21.2 Å². The minimum atomic E-state index is -1.04. The maximum Gasteiger partial charge on any atom is 0.313 e. The van der Waals surface area contributed by atoms with Crippen molar-refractivity contribution < 1.29 is 19.2 Å². The summed E-state index contributed by atoms with van der Waals surface area (Å²) in [5.74, 6) is -2.41. The summed E-state index contributed by atoms with van der Waals surface area (Å²) in [6.07, 6.45) is 0.446. The number of nitrogens with one attached hydrogen (secondary N) is 2. The highest BCUT2D eigenvalue weighted by Crippen LogP contribution is 2.46. The van der Waals surface area contributed by atoms with Crippen molar-refractivity contribution in [3.05, 3.63) is 72.3 Å². The van der Waals surface area contributed by atoms with Crippen LogP contribution in [0, 0.1) is 17.2 Å². The van der Waals surface area contributed by atoms with E-state index < -0.39 is 35.2 Å². The second kappa shape index (κ2) is 10.5. The highest BCUT2D eigenvalue weighted by molar-refractivity contribution is 6.40. The lowest BCUT2D eigenvalue weighted by molar-refractivity contribution is -0.149. The van der Waals surface area contributed by atoms with Gasteiger partial charge in [-0.05, 0) is 46.9 Å². The first-order valence-corrected chi connectivity index (χ1v) is 13.3. The van der Waals surface area contributed by atoms with Gasteiger partial charge in [0.15, 0.2) is 0 Å². The van der Waals surface area contributed by atoms with Crippen LogP contribution in [0.15, 0.2) is 66.7 Å². The predicted molar refractivity (Wildman–Crippen MR) is 151 cm³/mol. The number of fused-ring (bicyclic) bond motifs is 3. The molecule has 3 atom stereocenters. The molecule has 0 aliphatic carbocycles. The summed E-state index contributed by atoms with van der Waals surface area (Å²) >= 11 is 0. The lowest BCUT2D eigenvalue weighted by Crippen LogP contribution is -2.53. The Kier molecular flexibility index (Phi) is 7.03. The van der Waals surface area contributed by atoms with Gasteiger partial charge in [-0.2, -0.15) is 5.26 Å². The molecule has 2 heterocycles. The molecule has 204 valence electrons. The van der Waals surface area contributed by atoms with Gasteiger partial charge in [-0.25, -0.2) is 0 Å². The fourth-order valence-electron chi connectivity index (χ4n) is 5.80. The van der Waals surface area contributed by atoms with Crippen molar-refractivity contribution in [2.45, 2.75) is 44.2 Å². The molecule has 1 spiro atoms. The van der Waals surface area contributed by atoms with Gasteiger partial charge in [0.2, 0.25) is 11.8 Å². The van der Waals surface area contributed by atoms with Crippen molar-refractivity contribution in [1.29, 1.82) is 5.26 Å². The van der Waals surface area contributed by atoms with Gasteiger partial charge in [-0.1, -0.05) is 62.4 Å². The number of benzene rings is 3. The molecule has 2 aliphatic rings. The average Bonchev–Trinajstić information content (AvgIpc) is 3.48. The maximum absolute atomic E-state index is 14.0. The van der Waals surface area contributed by atoms with Gasteiger partial charge in [-0.3, -0.25) is 19.2 Å². The van der Waals surface area contributed by atoms with E-state index in [2.05, 4.69) is 16.7 Å². The first-order chi connectivity index (χ1) is 19.1. The molecule has 3 aromatic rings. The first kappa shape index (κ1) is 26.9. The lowest BCUT2D eigenvalue weighted by atomic mass is 9.80. The molecule has 4 amide bonds. The molecule has 1 fully saturated rings. The standard InChI is InChI=1S/C31H31N5O4/c1-19(2)14-26(35(3)29(39)27(37)33-22-13-12-20-8-4-5-9-21(20)15-22)28(38)36-18-31(16-23(36)17-32)24-10-6-7-11-25(24)34-30(31)40/h4-13,15,19,23,26H,14,16,18H2,1-3H3,(H,33,37)(H,34,40)/t23-,26-,31-/m0/s1. The normalized spacial score (nSPS) is 20.2. The van der Waals surface area contributed by atoms with Crippen molar-refractivity contribution in [1.82, 2.24) is 9.80 Å². The van der Waals surface area contributed by atoms with Crippen molar-refractivity contribution >= 4 is 45.8 Å². The molecule has 0 aromatic heterocycles. The molecule has 0 bridgehead atoms. The lowest BCUT2D eigenvalue weighted by Gasteiger charge is -2.33. The number of hydrogen-bond donors (Lipinski definition) is 2. The number of carbonyl (C=O) groups excluding carboxylic acids is 4. The van der Waals surface area contributed by atoms with Crippen LogP contribution in [0.1, 0.15) is 32.3 Å². The Balaban J connectivity index is 1.37. The SMILES string of the molecule is CC(C)C[C@@H](C(=O)N1C[C@]2(C[C@H]1C#N)C(=O)Nc1ccccc12)N(C)C(=O)C(=O)Nc1ccc2ccccc2c1. The number of nitrogens with zero attached hydrogens (tertiary/aromatic N) is 3. The summed E-state index contributed by atoms with van der Waals surface area (Å²) in [5.41, 5.74) is 0.865. The van der Waals surface area contributed by atoms with Crippen molar-refractivity contribution in [3.8, 4) is 6.07 Å². The number of para-hydroxylation sites is 1. The summed E-state index contributed by atoms with van der Waals surface area (Å²) in [6, 6.07) is 20.7. The van der Waals surface area contributed by atoms with Gasteiger partial charge in [0.1, 0.15) is 12.1 Å². The van der Waals surface area contributed by atoms with Crippen LogP contribution in [0.5, 0.6) is 0 Å². The third-order valence-electron chi connectivity index (χ3n) is 7.89. The summed E-state index contributed by atoms with van der Waals surface area (Å²) in [4.78, 5) is 56.0. The fraction of sp³-hybridized carbons (Fsp3) is 0.323. The molecule has 40 heavy (non-hydrogen) atoms. The average molecular weight is 538 g/mol. The number of nitriles is 1. The third kappa shape index (κ3) is 4.66. The Morgan fingerprint density at radius 1 is 1.10 bits per heavy atom. The molecular formula is C31H31N5O4. The summed E-state index contributed by atoms with van der Waals surface area (Å²) in [6.45, 7) is 3.86. The molecule has 9 nitrogen and oxygen atoms in total. The number of anilines is 2. The highest BCUT2D eigenvalue weighted by atomic mass is 16.2. The van der Waals surface area contributed by atoms with Gasteiger partial charge in [0.05, 0.1) is 11.5 Å². The van der Waals surface area contributed by atoms with Crippen LogP contribution >= 0.6 is 0 Å². The molecule has 2 aliphatic heterocycles. The summed E-state index contributed by atoms with van der Waals surface area (Å²) in [5, 5.41) is 17.4. The van der Waals surface area contributed by atoms with E-state index >= 15 is 0 Å². The van der Waals surface area contributed by atoms with Crippen LogP contribution < -0.4 is 10.6 Å². The van der Waals surface area contributed by atoms with E-state index in [1.165, 1.54) is 11.9 Å². The summed E-state index contributed by atoms with van der Waals surface area (Å²) < 4.78 is 0. The Morgan fingerprint density at radius 3 is 2.52 bits per heavy atom. The number of carbonyl (C=O) groups is 4. The molecule has 2 N–H and O–H groups in total. The second-order valence-electron chi connectivity index (χ2n) is 11.0. The number of likely N-dealkylation sites (tertiary alicyclic amines) is 1. The second-order valence-corrected chi connectivity index (χ2v) is 11.0. The summed E-state index contributed by atoms with van der Waals surface area (Å²) in [7, 11) is 1.43. The van der Waals surface area contributed by atoms with Gasteiger partial charge >= 0.3 is 11.8 Å². The Labute approximate surface area is 232 Å². The van der Waals surface area contributed by atoms with E-state index in [0.29, 0.717) is 11.4 Å². The fourth-order valence-corrected chi connectivity index (χ4v) is 5.80. The molecule has 0 saturated carbocycles. The number of amides is 4. The largest absolute Gasteiger partial charge is 0.325 e. The maximum atomic E-state index is 14.0. The van der Waals surface area contributed by atoms with E-state index in [1.54, 1.807) is 18.2 Å². The Bertz CT molecular complexity index is 1560. The van der Waals surface area contributed by atoms with Crippen LogP contribution in [0.2, 0.25) is 0 Å². The minimum absolute atomic E-state index is 0.0142. The molecule has 1 saturated heterocycles. The van der Waals surface area contributed by atoms with Crippen LogP contribution in [0.4, 0.5) is 11.4 Å². The van der Waals surface area contributed by atoms with Crippen LogP contribution in [-0.2, 0) is 24.6 Å². The van der Waals surface area contributed by atoms with Crippen molar-refractivity contribution in [2.24, 2.45) is 5.92 Å². The highest BCUT2D eigenvalue weighted by Gasteiger charge is 2.56. The van der Waals surface area contributed by atoms with Crippen LogP contribution in [0.3, 0.4) is 0 Å². The van der Waals surface area contributed by atoms with Crippen molar-refractivity contribution in [2.75, 3.05) is 24.2 Å². The van der Waals surface area contributed by atoms with Crippen molar-refractivity contribution in [3.63, 3.8) is 0 Å². The quantitative estimate of drug-likeness (QED) is 0.481. The number of hydrogen-bond acceptors (Lipinski definition) is 5. The van der Waals surface area contributed by atoms with Gasteiger partial charge < -0.3 is 20.4 Å². The number of rotatable bonds is 5. The van der Waals surface area contributed by atoms with Gasteiger partial charge in [-0.15, -0.1) is 0 Å². The molecule has 9 heteroatoms. The molecular weight excluding hydrogens is 506 g/mol. The predicted octanol–water partition coefficient (Wildman–Crippen LogP) is 3.67. The first-order valence-electron chi connectivity index (χ1n) is 13.3. The van der Waals surface area contributed by atoms with E-state index in [-0.39, 0.29) is 31.2 Å².